The molecule has 5 nitrogen and oxygen atoms in total. The molecule has 0 aliphatic carbocycles. The van der Waals surface area contributed by atoms with E-state index in [0.717, 1.165) is 5.56 Å². The number of nitrogens with zero attached hydrogens (tertiary/aromatic N) is 2. The van der Waals surface area contributed by atoms with Crippen LogP contribution in [-0.4, -0.2) is 34.3 Å². The SMILES string of the molecule is O=C(O)CN1C(=O)/C(=C/c2ccc(Cl)cc2)N=C1c1ccccc1. The van der Waals surface area contributed by atoms with Crippen LogP contribution in [-0.2, 0) is 9.59 Å². The van der Waals surface area contributed by atoms with Crippen molar-refractivity contribution in [2.24, 2.45) is 4.99 Å². The number of benzene rings is 2. The number of aliphatic carboxylic acids is 1. The summed E-state index contributed by atoms with van der Waals surface area (Å²) in [6.45, 7) is -0.440. The molecule has 3 rings (SSSR count). The van der Waals surface area contributed by atoms with Crippen LogP contribution >= 0.6 is 11.6 Å². The van der Waals surface area contributed by atoms with E-state index >= 15 is 0 Å². The molecule has 1 amide bonds. The summed E-state index contributed by atoms with van der Waals surface area (Å²) in [6.07, 6.45) is 1.61. The van der Waals surface area contributed by atoms with E-state index in [2.05, 4.69) is 4.99 Å². The van der Waals surface area contributed by atoms with Crippen LogP contribution in [0.3, 0.4) is 0 Å². The Morgan fingerprint density at radius 3 is 2.42 bits per heavy atom. The molecule has 0 spiro atoms. The maximum absolute atomic E-state index is 12.5. The number of rotatable bonds is 4. The van der Waals surface area contributed by atoms with E-state index in [-0.39, 0.29) is 5.70 Å². The molecule has 0 bridgehead atoms. The normalized spacial score (nSPS) is 15.7. The second-order valence-corrected chi connectivity index (χ2v) is 5.60. The number of carboxylic acids is 1. The van der Waals surface area contributed by atoms with E-state index in [1.165, 1.54) is 4.90 Å². The topological polar surface area (TPSA) is 70.0 Å². The number of hydrogen-bond acceptors (Lipinski definition) is 3. The van der Waals surface area contributed by atoms with Gasteiger partial charge in [-0.15, -0.1) is 0 Å². The van der Waals surface area contributed by atoms with Crippen molar-refractivity contribution in [2.45, 2.75) is 0 Å². The molecule has 1 aliphatic rings. The number of carboxylic acid groups (broad SMARTS) is 1. The average Bonchev–Trinajstić information content (AvgIpc) is 2.87. The maximum atomic E-state index is 12.5. The van der Waals surface area contributed by atoms with Crippen LogP contribution in [0, 0.1) is 0 Å². The first-order chi connectivity index (χ1) is 11.5. The molecule has 2 aromatic rings. The number of carbonyl (C=O) groups excluding carboxylic acids is 1. The fraction of sp³-hybridized carbons (Fsp3) is 0.0556. The molecule has 1 N–H and O–H groups in total. The van der Waals surface area contributed by atoms with Crippen molar-refractivity contribution < 1.29 is 14.7 Å². The summed E-state index contributed by atoms with van der Waals surface area (Å²) >= 11 is 5.85. The number of hydrogen-bond donors (Lipinski definition) is 1. The second kappa shape index (κ2) is 6.68. The number of aliphatic imine (C=N–C) groups is 1. The Morgan fingerprint density at radius 2 is 1.79 bits per heavy atom. The molecule has 24 heavy (non-hydrogen) atoms. The summed E-state index contributed by atoms with van der Waals surface area (Å²) in [7, 11) is 0. The van der Waals surface area contributed by atoms with Gasteiger partial charge in [-0.25, -0.2) is 4.99 Å². The smallest absolute Gasteiger partial charge is 0.323 e. The first-order valence-corrected chi connectivity index (χ1v) is 7.57. The first-order valence-electron chi connectivity index (χ1n) is 7.19. The molecule has 2 aromatic carbocycles. The van der Waals surface area contributed by atoms with Gasteiger partial charge in [-0.1, -0.05) is 54.1 Å². The maximum Gasteiger partial charge on any atom is 0.323 e. The van der Waals surface area contributed by atoms with Crippen molar-refractivity contribution in [1.29, 1.82) is 0 Å². The van der Waals surface area contributed by atoms with E-state index in [1.807, 2.05) is 18.2 Å². The van der Waals surface area contributed by atoms with Gasteiger partial charge in [0.2, 0.25) is 0 Å². The minimum absolute atomic E-state index is 0.192. The second-order valence-electron chi connectivity index (χ2n) is 5.17. The Morgan fingerprint density at radius 1 is 1.12 bits per heavy atom. The van der Waals surface area contributed by atoms with Gasteiger partial charge in [0.25, 0.3) is 5.91 Å². The van der Waals surface area contributed by atoms with Gasteiger partial charge >= 0.3 is 5.97 Å². The Kier molecular flexibility index (Phi) is 4.44. The van der Waals surface area contributed by atoms with E-state index < -0.39 is 18.4 Å². The molecule has 1 aliphatic heterocycles. The lowest BCUT2D eigenvalue weighted by molar-refractivity contribution is -0.140. The Balaban J connectivity index is 2.01. The van der Waals surface area contributed by atoms with Crippen molar-refractivity contribution in [1.82, 2.24) is 4.90 Å². The molecule has 0 atom stereocenters. The van der Waals surface area contributed by atoms with Crippen molar-refractivity contribution >= 4 is 35.4 Å². The van der Waals surface area contributed by atoms with E-state index in [4.69, 9.17) is 16.7 Å². The zero-order chi connectivity index (χ0) is 17.1. The van der Waals surface area contributed by atoms with Gasteiger partial charge in [0.15, 0.2) is 0 Å². The number of halogens is 1. The predicted octanol–water partition coefficient (Wildman–Crippen LogP) is 3.05. The fourth-order valence-electron chi connectivity index (χ4n) is 2.36. The average molecular weight is 341 g/mol. The van der Waals surface area contributed by atoms with Crippen molar-refractivity contribution in [3.05, 3.63) is 76.4 Å². The molecule has 0 radical (unpaired) electrons. The van der Waals surface area contributed by atoms with Crippen molar-refractivity contribution in [3.63, 3.8) is 0 Å². The number of amidine groups is 1. The highest BCUT2D eigenvalue weighted by molar-refractivity contribution is 6.30. The molecule has 6 heteroatoms. The Hall–Kier alpha value is -2.92. The molecule has 0 saturated carbocycles. The summed E-state index contributed by atoms with van der Waals surface area (Å²) in [5.74, 6) is -1.20. The molecule has 1 heterocycles. The third-order valence-corrected chi connectivity index (χ3v) is 3.70. The predicted molar refractivity (Wildman–Crippen MR) is 91.8 cm³/mol. The van der Waals surface area contributed by atoms with Crippen LogP contribution in [0.1, 0.15) is 11.1 Å². The van der Waals surface area contributed by atoms with Gasteiger partial charge in [0, 0.05) is 10.6 Å². The summed E-state index contributed by atoms with van der Waals surface area (Å²) in [4.78, 5) is 29.2. The summed E-state index contributed by atoms with van der Waals surface area (Å²) in [5, 5.41) is 9.67. The van der Waals surface area contributed by atoms with E-state index in [1.54, 1.807) is 42.5 Å². The lowest BCUT2D eigenvalue weighted by Gasteiger charge is -2.15. The minimum Gasteiger partial charge on any atom is -0.480 e. The van der Waals surface area contributed by atoms with Crippen LogP contribution in [0.25, 0.3) is 6.08 Å². The van der Waals surface area contributed by atoms with Crippen molar-refractivity contribution in [3.8, 4) is 0 Å². The lowest BCUT2D eigenvalue weighted by Crippen LogP contribution is -2.37. The van der Waals surface area contributed by atoms with Crippen LogP contribution in [0.2, 0.25) is 5.02 Å². The Labute approximate surface area is 143 Å². The summed E-state index contributed by atoms with van der Waals surface area (Å²) in [6, 6.07) is 16.0. The fourth-order valence-corrected chi connectivity index (χ4v) is 2.48. The zero-order valence-electron chi connectivity index (χ0n) is 12.5. The highest BCUT2D eigenvalue weighted by Crippen LogP contribution is 2.22. The van der Waals surface area contributed by atoms with Crippen LogP contribution in [0.5, 0.6) is 0 Å². The number of carbonyl (C=O) groups is 2. The number of amides is 1. The molecule has 120 valence electrons. The van der Waals surface area contributed by atoms with Gasteiger partial charge in [0.05, 0.1) is 0 Å². The molecule has 0 aromatic heterocycles. The summed E-state index contributed by atoms with van der Waals surface area (Å²) in [5.41, 5.74) is 1.64. The lowest BCUT2D eigenvalue weighted by atomic mass is 10.2. The minimum atomic E-state index is -1.10. The highest BCUT2D eigenvalue weighted by Gasteiger charge is 2.32. The van der Waals surface area contributed by atoms with Crippen molar-refractivity contribution in [2.75, 3.05) is 6.54 Å². The molecule has 0 unspecified atom stereocenters. The third-order valence-electron chi connectivity index (χ3n) is 3.45. The van der Waals surface area contributed by atoms with Gasteiger partial charge in [0.1, 0.15) is 18.1 Å². The van der Waals surface area contributed by atoms with Gasteiger partial charge in [-0.05, 0) is 23.8 Å². The van der Waals surface area contributed by atoms with Gasteiger partial charge in [-0.2, -0.15) is 0 Å². The van der Waals surface area contributed by atoms with Crippen LogP contribution < -0.4 is 0 Å². The molecule has 0 fully saturated rings. The Bertz CT molecular complexity index is 842. The standard InChI is InChI=1S/C18H13ClN2O3/c19-14-8-6-12(7-9-14)10-15-18(24)21(11-16(22)23)17(20-15)13-4-2-1-3-5-13/h1-10H,11H2,(H,22,23)/b15-10-. The zero-order valence-corrected chi connectivity index (χ0v) is 13.3. The molecule has 0 saturated heterocycles. The monoisotopic (exact) mass is 340 g/mol. The third kappa shape index (κ3) is 3.36. The largest absolute Gasteiger partial charge is 0.480 e. The van der Waals surface area contributed by atoms with Crippen LogP contribution in [0.4, 0.5) is 0 Å². The van der Waals surface area contributed by atoms with E-state index in [0.29, 0.717) is 16.4 Å². The highest BCUT2D eigenvalue weighted by atomic mass is 35.5. The summed E-state index contributed by atoms with van der Waals surface area (Å²) < 4.78 is 0. The van der Waals surface area contributed by atoms with E-state index in [9.17, 15) is 9.59 Å². The first kappa shape index (κ1) is 16.0. The molecular formula is C18H13ClN2O3. The molecular weight excluding hydrogens is 328 g/mol. The van der Waals surface area contributed by atoms with Gasteiger partial charge < -0.3 is 5.11 Å². The quantitative estimate of drug-likeness (QED) is 0.870. The van der Waals surface area contributed by atoms with Gasteiger partial charge in [-0.3, -0.25) is 14.5 Å². The van der Waals surface area contributed by atoms with Crippen LogP contribution in [0.15, 0.2) is 65.3 Å².